The Labute approximate surface area is 88.4 Å². The highest BCUT2D eigenvalue weighted by molar-refractivity contribution is 8.06. The van der Waals surface area contributed by atoms with Gasteiger partial charge in [-0.3, -0.25) is 4.99 Å². The van der Waals surface area contributed by atoms with E-state index in [2.05, 4.69) is 17.1 Å². The normalized spacial score (nSPS) is 19.9. The highest BCUT2D eigenvalue weighted by atomic mass is 32.2. The van der Waals surface area contributed by atoms with Crippen LogP contribution in [0.5, 0.6) is 5.75 Å². The van der Waals surface area contributed by atoms with Gasteiger partial charge in [-0.2, -0.15) is 11.8 Å². The van der Waals surface area contributed by atoms with E-state index in [1.54, 1.807) is 6.21 Å². The molecule has 3 heteroatoms. The summed E-state index contributed by atoms with van der Waals surface area (Å²) in [5.41, 5.74) is 1.40. The lowest BCUT2D eigenvalue weighted by Crippen LogP contribution is -1.93. The Balaban J connectivity index is 1.92. The molecule has 74 valence electrons. The van der Waals surface area contributed by atoms with Crippen molar-refractivity contribution in [3.8, 4) is 5.75 Å². The van der Waals surface area contributed by atoms with Gasteiger partial charge >= 0.3 is 0 Å². The van der Waals surface area contributed by atoms with Crippen LogP contribution in [0.3, 0.4) is 0 Å². The molecule has 1 aromatic rings. The maximum Gasteiger partial charge on any atom is 0.178 e. The van der Waals surface area contributed by atoms with Gasteiger partial charge in [-0.15, -0.1) is 0 Å². The van der Waals surface area contributed by atoms with Crippen molar-refractivity contribution in [2.45, 2.75) is 12.2 Å². The molecule has 0 radical (unpaired) electrons. The molecule has 0 aromatic heterocycles. The number of nitrogens with zero attached hydrogens (tertiary/aromatic N) is 1. The predicted molar refractivity (Wildman–Crippen MR) is 61.3 cm³/mol. The van der Waals surface area contributed by atoms with Crippen molar-refractivity contribution in [2.75, 3.05) is 12.5 Å². The Morgan fingerprint density at radius 2 is 2.21 bits per heavy atom. The summed E-state index contributed by atoms with van der Waals surface area (Å²) in [5, 5.41) is 0.734. The van der Waals surface area contributed by atoms with E-state index in [-0.39, 0.29) is 0 Å². The Hall–Kier alpha value is -0.960. The number of thioether (sulfide) groups is 1. The van der Waals surface area contributed by atoms with Crippen LogP contribution in [-0.2, 0) is 0 Å². The summed E-state index contributed by atoms with van der Waals surface area (Å²) < 4.78 is 5.40. The van der Waals surface area contributed by atoms with Gasteiger partial charge in [0.25, 0.3) is 0 Å². The summed E-state index contributed by atoms with van der Waals surface area (Å²) in [6.45, 7) is 2.30. The monoisotopic (exact) mass is 207 g/mol. The molecule has 0 spiro atoms. The summed E-state index contributed by atoms with van der Waals surface area (Å²) in [6, 6.07) is 8.30. The van der Waals surface area contributed by atoms with Crippen LogP contribution >= 0.6 is 11.8 Å². The molecule has 2 rings (SSSR count). The Bertz CT molecular complexity index is 317. The number of benzene rings is 1. The molecule has 1 unspecified atom stereocenters. The third-order valence-electron chi connectivity index (χ3n) is 2.07. The van der Waals surface area contributed by atoms with Crippen LogP contribution in [0.1, 0.15) is 17.7 Å². The molecule has 1 saturated heterocycles. The lowest BCUT2D eigenvalue weighted by atomic mass is 10.2. The maximum atomic E-state index is 5.40. The van der Waals surface area contributed by atoms with E-state index in [1.165, 1.54) is 11.3 Å². The molecule has 1 aliphatic heterocycles. The molecule has 0 N–H and O–H groups in total. The topological polar surface area (TPSA) is 21.6 Å². The lowest BCUT2D eigenvalue weighted by Gasteiger charge is -2.03. The van der Waals surface area contributed by atoms with Crippen molar-refractivity contribution in [3.05, 3.63) is 29.8 Å². The number of hydrogen-bond donors (Lipinski definition) is 0. The summed E-state index contributed by atoms with van der Waals surface area (Å²) in [6.07, 6.45) is 1.75. The zero-order chi connectivity index (χ0) is 9.80. The number of aliphatic imine (C=N–C) groups is 1. The molecule has 0 bridgehead atoms. The van der Waals surface area contributed by atoms with E-state index < -0.39 is 0 Å². The van der Waals surface area contributed by atoms with Crippen LogP contribution in [0.2, 0.25) is 0 Å². The summed E-state index contributed by atoms with van der Waals surface area (Å²) in [4.78, 5) is 3.99. The quantitative estimate of drug-likeness (QED) is 0.559. The number of ether oxygens (including phenoxy) is 1. The van der Waals surface area contributed by atoms with E-state index >= 15 is 0 Å². The fourth-order valence-electron chi connectivity index (χ4n) is 1.21. The van der Waals surface area contributed by atoms with Gasteiger partial charge in [0, 0.05) is 11.0 Å². The first kappa shape index (κ1) is 9.59. The predicted octanol–water partition coefficient (Wildman–Crippen LogP) is 2.90. The summed E-state index contributed by atoms with van der Waals surface area (Å²) in [7, 11) is 0. The standard InChI is InChI=1S/C11H13NOS/c1-2-12-8-13-10-5-3-9(4-6-10)11-7-14-11/h2-6,11H,7-8H2,1H3. The number of hydrogen-bond acceptors (Lipinski definition) is 3. The molecule has 1 aliphatic rings. The van der Waals surface area contributed by atoms with E-state index in [0.29, 0.717) is 6.73 Å². The maximum absolute atomic E-state index is 5.40. The van der Waals surface area contributed by atoms with Crippen LogP contribution in [-0.4, -0.2) is 18.7 Å². The zero-order valence-electron chi connectivity index (χ0n) is 8.14. The molecule has 0 saturated carbocycles. The van der Waals surface area contributed by atoms with Crippen molar-refractivity contribution < 1.29 is 4.74 Å². The molecule has 1 atom stereocenters. The summed E-state index contributed by atoms with van der Waals surface area (Å²) in [5.74, 6) is 2.16. The van der Waals surface area contributed by atoms with Crippen LogP contribution in [0.15, 0.2) is 29.3 Å². The highest BCUT2D eigenvalue weighted by Crippen LogP contribution is 2.46. The van der Waals surface area contributed by atoms with Gasteiger partial charge < -0.3 is 4.74 Å². The Kier molecular flexibility index (Phi) is 3.09. The minimum absolute atomic E-state index is 0.411. The largest absolute Gasteiger partial charge is 0.471 e. The van der Waals surface area contributed by atoms with Crippen LogP contribution < -0.4 is 4.74 Å². The first-order valence-electron chi connectivity index (χ1n) is 4.69. The third kappa shape index (κ3) is 2.51. The van der Waals surface area contributed by atoms with Gasteiger partial charge in [-0.05, 0) is 30.8 Å². The van der Waals surface area contributed by atoms with Crippen molar-refractivity contribution >= 4 is 18.0 Å². The fourth-order valence-corrected chi connectivity index (χ4v) is 1.84. The minimum Gasteiger partial charge on any atom is -0.471 e. The smallest absolute Gasteiger partial charge is 0.178 e. The van der Waals surface area contributed by atoms with Gasteiger partial charge in [-0.25, -0.2) is 0 Å². The first-order chi connectivity index (χ1) is 6.90. The van der Waals surface area contributed by atoms with E-state index in [0.717, 1.165) is 11.0 Å². The van der Waals surface area contributed by atoms with Gasteiger partial charge in [-0.1, -0.05) is 12.1 Å². The molecule has 0 aliphatic carbocycles. The van der Waals surface area contributed by atoms with Gasteiger partial charge in [0.2, 0.25) is 0 Å². The molecule has 14 heavy (non-hydrogen) atoms. The molecule has 0 amide bonds. The summed E-state index contributed by atoms with van der Waals surface area (Å²) >= 11 is 1.98. The van der Waals surface area contributed by atoms with Gasteiger partial charge in [0.15, 0.2) is 6.73 Å². The second kappa shape index (κ2) is 4.51. The molecule has 2 nitrogen and oxygen atoms in total. The molecule has 1 fully saturated rings. The second-order valence-corrected chi connectivity index (χ2v) is 4.34. The SMILES string of the molecule is CC=NCOc1ccc(C2CS2)cc1. The van der Waals surface area contributed by atoms with E-state index in [4.69, 9.17) is 4.74 Å². The van der Waals surface area contributed by atoms with Crippen LogP contribution in [0.25, 0.3) is 0 Å². The average molecular weight is 207 g/mol. The van der Waals surface area contributed by atoms with E-state index in [1.807, 2.05) is 30.8 Å². The van der Waals surface area contributed by atoms with Crippen LogP contribution in [0, 0.1) is 0 Å². The van der Waals surface area contributed by atoms with Crippen molar-refractivity contribution in [3.63, 3.8) is 0 Å². The average Bonchev–Trinajstić information content (AvgIpc) is 3.03. The van der Waals surface area contributed by atoms with Crippen LogP contribution in [0.4, 0.5) is 0 Å². The molecular formula is C11H13NOS. The fraction of sp³-hybridized carbons (Fsp3) is 0.364. The Morgan fingerprint density at radius 3 is 2.79 bits per heavy atom. The second-order valence-electron chi connectivity index (χ2n) is 3.11. The number of rotatable bonds is 4. The van der Waals surface area contributed by atoms with Crippen molar-refractivity contribution in [1.29, 1.82) is 0 Å². The first-order valence-corrected chi connectivity index (χ1v) is 5.74. The van der Waals surface area contributed by atoms with E-state index in [9.17, 15) is 0 Å². The highest BCUT2D eigenvalue weighted by Gasteiger charge is 2.23. The molecule has 1 heterocycles. The minimum atomic E-state index is 0.411. The van der Waals surface area contributed by atoms with Crippen molar-refractivity contribution in [2.24, 2.45) is 4.99 Å². The van der Waals surface area contributed by atoms with Gasteiger partial charge in [0.1, 0.15) is 5.75 Å². The third-order valence-corrected chi connectivity index (χ3v) is 3.01. The lowest BCUT2D eigenvalue weighted by molar-refractivity contribution is 0.332. The Morgan fingerprint density at radius 1 is 1.50 bits per heavy atom. The molecular weight excluding hydrogens is 194 g/mol. The van der Waals surface area contributed by atoms with Gasteiger partial charge in [0.05, 0.1) is 0 Å². The zero-order valence-corrected chi connectivity index (χ0v) is 8.96. The van der Waals surface area contributed by atoms with Crippen molar-refractivity contribution in [1.82, 2.24) is 0 Å². The molecule has 1 aromatic carbocycles.